The van der Waals surface area contributed by atoms with Crippen LogP contribution >= 0.6 is 0 Å². The molecule has 0 bridgehead atoms. The minimum atomic E-state index is -0.507. The van der Waals surface area contributed by atoms with Gasteiger partial charge in [0.25, 0.3) is 5.91 Å². The average molecular weight is 337 g/mol. The molecule has 1 N–H and O–H groups in total. The van der Waals surface area contributed by atoms with Crippen LogP contribution in [0.5, 0.6) is 5.75 Å². The van der Waals surface area contributed by atoms with Crippen LogP contribution in [0, 0.1) is 12.7 Å². The molecule has 0 radical (unpaired) electrons. The molecule has 0 saturated carbocycles. The molecule has 0 aliphatic carbocycles. The van der Waals surface area contributed by atoms with E-state index in [1.165, 1.54) is 12.1 Å². The molecule has 3 rings (SSSR count). The summed E-state index contributed by atoms with van der Waals surface area (Å²) < 4.78 is 19.2. The minimum absolute atomic E-state index is 0.0910. The van der Waals surface area contributed by atoms with E-state index in [1.807, 2.05) is 30.3 Å². The molecule has 0 heterocycles. The van der Waals surface area contributed by atoms with Crippen molar-refractivity contribution >= 4 is 28.7 Å². The van der Waals surface area contributed by atoms with E-state index in [1.54, 1.807) is 19.1 Å². The van der Waals surface area contributed by atoms with Gasteiger partial charge in [0.15, 0.2) is 12.9 Å². The molecule has 126 valence electrons. The Labute approximate surface area is 144 Å². The summed E-state index contributed by atoms with van der Waals surface area (Å²) in [6.07, 6.45) is 0.704. The van der Waals surface area contributed by atoms with Crippen molar-refractivity contribution in [2.75, 3.05) is 11.9 Å². The van der Waals surface area contributed by atoms with Gasteiger partial charge in [-0.25, -0.2) is 4.39 Å². The number of ether oxygens (including phenoxy) is 1. The Morgan fingerprint density at radius 1 is 1.16 bits per heavy atom. The quantitative estimate of drug-likeness (QED) is 0.713. The van der Waals surface area contributed by atoms with Crippen LogP contribution in [0.1, 0.15) is 15.9 Å². The summed E-state index contributed by atoms with van der Waals surface area (Å²) >= 11 is 0. The van der Waals surface area contributed by atoms with Crippen molar-refractivity contribution in [3.05, 3.63) is 71.5 Å². The molecule has 0 unspecified atom stereocenters. The molecule has 3 aromatic rings. The van der Waals surface area contributed by atoms with Gasteiger partial charge in [0.1, 0.15) is 11.6 Å². The summed E-state index contributed by atoms with van der Waals surface area (Å²) in [6, 6.07) is 15.4. The van der Waals surface area contributed by atoms with Gasteiger partial charge in [-0.05, 0) is 41.5 Å². The third-order valence-electron chi connectivity index (χ3n) is 3.81. The number of rotatable bonds is 5. The summed E-state index contributed by atoms with van der Waals surface area (Å²) in [7, 11) is 0. The number of halogens is 1. The lowest BCUT2D eigenvalue weighted by molar-refractivity contribution is -0.118. The van der Waals surface area contributed by atoms with Gasteiger partial charge in [-0.1, -0.05) is 36.4 Å². The van der Waals surface area contributed by atoms with Crippen molar-refractivity contribution in [3.63, 3.8) is 0 Å². The first-order valence-electron chi connectivity index (χ1n) is 7.74. The number of carbonyl (C=O) groups excluding carboxylic acids is 2. The summed E-state index contributed by atoms with van der Waals surface area (Å²) in [5.74, 6) is -0.700. The molecule has 0 aliphatic rings. The minimum Gasteiger partial charge on any atom is -0.483 e. The fourth-order valence-corrected chi connectivity index (χ4v) is 2.57. The van der Waals surface area contributed by atoms with Crippen LogP contribution in [0.3, 0.4) is 0 Å². The van der Waals surface area contributed by atoms with E-state index in [0.717, 1.165) is 16.3 Å². The lowest BCUT2D eigenvalue weighted by Gasteiger charge is -2.11. The van der Waals surface area contributed by atoms with Crippen molar-refractivity contribution in [2.24, 2.45) is 0 Å². The second kappa shape index (κ2) is 7.13. The van der Waals surface area contributed by atoms with E-state index in [2.05, 4.69) is 5.32 Å². The number of amides is 1. The molecular formula is C20H16FNO3. The van der Waals surface area contributed by atoms with Crippen LogP contribution in [0.25, 0.3) is 10.8 Å². The van der Waals surface area contributed by atoms with Crippen molar-refractivity contribution < 1.29 is 18.7 Å². The fraction of sp³-hybridized carbons (Fsp3) is 0.100. The first-order chi connectivity index (χ1) is 12.1. The maximum absolute atomic E-state index is 13.8. The second-order valence-electron chi connectivity index (χ2n) is 5.64. The standard InChI is InChI=1S/C20H16FNO3/c1-13-6-8-18(17(21)10-13)22-20(24)12-25-19-9-7-14-4-2-3-5-15(14)16(19)11-23/h2-11H,12H2,1H3,(H,22,24). The number of hydrogen-bond acceptors (Lipinski definition) is 3. The van der Waals surface area contributed by atoms with E-state index >= 15 is 0 Å². The van der Waals surface area contributed by atoms with Crippen LogP contribution in [0.2, 0.25) is 0 Å². The summed E-state index contributed by atoms with van der Waals surface area (Å²) in [4.78, 5) is 23.4. The van der Waals surface area contributed by atoms with Gasteiger partial charge < -0.3 is 10.1 Å². The molecule has 5 heteroatoms. The van der Waals surface area contributed by atoms with E-state index < -0.39 is 11.7 Å². The zero-order valence-corrected chi connectivity index (χ0v) is 13.6. The van der Waals surface area contributed by atoms with Crippen LogP contribution in [0.15, 0.2) is 54.6 Å². The highest BCUT2D eigenvalue weighted by Crippen LogP contribution is 2.26. The number of anilines is 1. The lowest BCUT2D eigenvalue weighted by Crippen LogP contribution is -2.21. The number of fused-ring (bicyclic) bond motifs is 1. The Balaban J connectivity index is 1.74. The molecule has 0 aliphatic heterocycles. The van der Waals surface area contributed by atoms with Crippen molar-refractivity contribution in [1.29, 1.82) is 0 Å². The molecule has 3 aromatic carbocycles. The predicted molar refractivity (Wildman–Crippen MR) is 94.6 cm³/mol. The molecule has 0 atom stereocenters. The van der Waals surface area contributed by atoms with E-state index in [0.29, 0.717) is 17.6 Å². The highest BCUT2D eigenvalue weighted by atomic mass is 19.1. The van der Waals surface area contributed by atoms with E-state index in [9.17, 15) is 14.0 Å². The molecule has 0 spiro atoms. The highest BCUT2D eigenvalue weighted by Gasteiger charge is 2.11. The molecule has 0 saturated heterocycles. The van der Waals surface area contributed by atoms with Gasteiger partial charge in [0, 0.05) is 0 Å². The van der Waals surface area contributed by atoms with E-state index in [4.69, 9.17) is 4.74 Å². The number of aldehydes is 1. The topological polar surface area (TPSA) is 55.4 Å². The summed E-state index contributed by atoms with van der Waals surface area (Å²) in [6.45, 7) is 1.44. The van der Waals surface area contributed by atoms with Gasteiger partial charge >= 0.3 is 0 Å². The second-order valence-corrected chi connectivity index (χ2v) is 5.64. The fourth-order valence-electron chi connectivity index (χ4n) is 2.57. The Morgan fingerprint density at radius 3 is 2.72 bits per heavy atom. The zero-order chi connectivity index (χ0) is 17.8. The van der Waals surface area contributed by atoms with Crippen LogP contribution in [-0.2, 0) is 4.79 Å². The largest absolute Gasteiger partial charge is 0.483 e. The molecule has 4 nitrogen and oxygen atoms in total. The zero-order valence-electron chi connectivity index (χ0n) is 13.6. The predicted octanol–water partition coefficient (Wildman–Crippen LogP) is 4.12. The number of hydrogen-bond donors (Lipinski definition) is 1. The van der Waals surface area contributed by atoms with Crippen molar-refractivity contribution in [2.45, 2.75) is 6.92 Å². The lowest BCUT2D eigenvalue weighted by atomic mass is 10.0. The van der Waals surface area contributed by atoms with Crippen molar-refractivity contribution in [1.82, 2.24) is 0 Å². The molecule has 0 fully saturated rings. The van der Waals surface area contributed by atoms with Gasteiger partial charge in [0.2, 0.25) is 0 Å². The highest BCUT2D eigenvalue weighted by molar-refractivity contribution is 6.01. The average Bonchev–Trinajstić information content (AvgIpc) is 2.61. The number of carbonyl (C=O) groups is 2. The van der Waals surface area contributed by atoms with Gasteiger partial charge in [-0.15, -0.1) is 0 Å². The van der Waals surface area contributed by atoms with Gasteiger partial charge in [0.05, 0.1) is 11.3 Å². The number of nitrogens with one attached hydrogen (secondary N) is 1. The third kappa shape index (κ3) is 3.66. The third-order valence-corrected chi connectivity index (χ3v) is 3.81. The van der Waals surface area contributed by atoms with Crippen molar-refractivity contribution in [3.8, 4) is 5.75 Å². The van der Waals surface area contributed by atoms with Gasteiger partial charge in [-0.3, -0.25) is 9.59 Å². The van der Waals surface area contributed by atoms with Crippen LogP contribution in [-0.4, -0.2) is 18.8 Å². The first kappa shape index (κ1) is 16.6. The summed E-state index contributed by atoms with van der Waals surface area (Å²) in [5.41, 5.74) is 1.24. The van der Waals surface area contributed by atoms with Crippen LogP contribution in [0.4, 0.5) is 10.1 Å². The Bertz CT molecular complexity index is 953. The maximum Gasteiger partial charge on any atom is 0.262 e. The SMILES string of the molecule is Cc1ccc(NC(=O)COc2ccc3ccccc3c2C=O)c(F)c1. The smallest absolute Gasteiger partial charge is 0.262 e. The van der Waals surface area contributed by atoms with E-state index in [-0.39, 0.29) is 12.3 Å². The molecule has 0 aromatic heterocycles. The van der Waals surface area contributed by atoms with Gasteiger partial charge in [-0.2, -0.15) is 0 Å². The van der Waals surface area contributed by atoms with Crippen LogP contribution < -0.4 is 10.1 Å². The molecule has 1 amide bonds. The maximum atomic E-state index is 13.8. The number of benzene rings is 3. The molecule has 25 heavy (non-hydrogen) atoms. The Morgan fingerprint density at radius 2 is 1.96 bits per heavy atom. The summed E-state index contributed by atoms with van der Waals surface area (Å²) in [5, 5.41) is 4.11. The Kier molecular flexibility index (Phi) is 4.75. The normalized spacial score (nSPS) is 10.5. The number of aryl methyl sites for hydroxylation is 1. The monoisotopic (exact) mass is 337 g/mol. The first-order valence-corrected chi connectivity index (χ1v) is 7.74. The molecular weight excluding hydrogens is 321 g/mol. The Hall–Kier alpha value is -3.21.